The summed E-state index contributed by atoms with van der Waals surface area (Å²) in [5, 5.41) is 18.6. The Labute approximate surface area is 215 Å². The lowest BCUT2D eigenvalue weighted by Crippen LogP contribution is -2.27. The Hall–Kier alpha value is -4.34. The monoisotopic (exact) mass is 497 g/mol. The molecule has 0 amide bonds. The van der Waals surface area contributed by atoms with Crippen LogP contribution in [0.15, 0.2) is 59.9 Å². The van der Waals surface area contributed by atoms with Crippen molar-refractivity contribution in [1.82, 2.24) is 44.5 Å². The van der Waals surface area contributed by atoms with Gasteiger partial charge in [0.2, 0.25) is 0 Å². The van der Waals surface area contributed by atoms with Crippen LogP contribution in [0.5, 0.6) is 0 Å². The maximum absolute atomic E-state index is 13.9. The normalized spacial score (nSPS) is 11.3. The zero-order chi connectivity index (χ0) is 25.8. The molecule has 0 aliphatic rings. The first-order chi connectivity index (χ1) is 18.1. The number of aromatic nitrogens is 9. The minimum absolute atomic E-state index is 0.0565. The van der Waals surface area contributed by atoms with E-state index in [9.17, 15) is 4.79 Å². The molecule has 0 aliphatic carbocycles. The number of aryl methyl sites for hydroxylation is 3. The molecule has 1 aromatic carbocycles. The number of hydrogen-bond acceptors (Lipinski definition) is 6. The first kappa shape index (κ1) is 24.4. The van der Waals surface area contributed by atoms with E-state index in [1.807, 2.05) is 65.1 Å². The topological polar surface area (TPSA) is 112 Å². The third kappa shape index (κ3) is 4.74. The molecule has 0 aliphatic heterocycles. The summed E-state index contributed by atoms with van der Waals surface area (Å²) in [5.41, 5.74) is 5.97. The second-order valence-corrected chi connectivity index (χ2v) is 8.99. The number of benzene rings is 1. The van der Waals surface area contributed by atoms with Gasteiger partial charge in [-0.3, -0.25) is 14.1 Å². The maximum Gasteiger partial charge on any atom is 0.334 e. The van der Waals surface area contributed by atoms with Crippen molar-refractivity contribution in [3.8, 4) is 28.3 Å². The molecule has 0 unspecified atom stereocenters. The SMILES string of the molecule is CCCCc1cn(-c2c(CC)cnn2CC)c(=O)n1Cc1cnccc1-c1ccc(-c2nnn[nH]2)cc1. The van der Waals surface area contributed by atoms with Crippen LogP contribution in [0.1, 0.15) is 50.4 Å². The van der Waals surface area contributed by atoms with E-state index in [0.29, 0.717) is 18.9 Å². The number of aromatic amines is 1. The molecule has 0 fully saturated rings. The lowest BCUT2D eigenvalue weighted by Gasteiger charge is -2.12. The predicted molar refractivity (Wildman–Crippen MR) is 141 cm³/mol. The van der Waals surface area contributed by atoms with E-state index in [4.69, 9.17) is 0 Å². The highest BCUT2D eigenvalue weighted by molar-refractivity contribution is 5.69. The largest absolute Gasteiger partial charge is 0.334 e. The summed E-state index contributed by atoms with van der Waals surface area (Å²) in [5.74, 6) is 1.48. The van der Waals surface area contributed by atoms with Gasteiger partial charge in [0.05, 0.1) is 12.7 Å². The standard InChI is InChI=1S/C27H31N9O/c1-4-7-8-23-18-35(26-19(5-2)16-29-36(26)6-3)27(37)34(23)17-22-15-28-14-13-24(22)20-9-11-21(12-10-20)25-30-32-33-31-25/h9-16,18H,4-8,17H2,1-3H3,(H,30,31,32,33). The first-order valence-corrected chi connectivity index (χ1v) is 12.8. The van der Waals surface area contributed by atoms with Gasteiger partial charge < -0.3 is 0 Å². The Bertz CT molecular complexity index is 1500. The van der Waals surface area contributed by atoms with Crippen LogP contribution in [-0.4, -0.2) is 44.5 Å². The van der Waals surface area contributed by atoms with E-state index < -0.39 is 0 Å². The van der Waals surface area contributed by atoms with Crippen LogP contribution in [0.2, 0.25) is 0 Å². The summed E-state index contributed by atoms with van der Waals surface area (Å²) < 4.78 is 5.56. The minimum atomic E-state index is -0.0565. The molecule has 0 saturated carbocycles. The van der Waals surface area contributed by atoms with Gasteiger partial charge in [0.25, 0.3) is 0 Å². The van der Waals surface area contributed by atoms with E-state index >= 15 is 0 Å². The van der Waals surface area contributed by atoms with E-state index in [0.717, 1.165) is 65.0 Å². The smallest absolute Gasteiger partial charge is 0.291 e. The number of pyridine rings is 1. The zero-order valence-corrected chi connectivity index (χ0v) is 21.4. The molecule has 0 atom stereocenters. The van der Waals surface area contributed by atoms with Crippen LogP contribution in [0, 0.1) is 0 Å². The number of tetrazole rings is 1. The molecular formula is C27H31N9O. The molecule has 10 nitrogen and oxygen atoms in total. The van der Waals surface area contributed by atoms with Crippen LogP contribution in [0.25, 0.3) is 28.3 Å². The summed E-state index contributed by atoms with van der Waals surface area (Å²) in [6.07, 6.45) is 11.2. The maximum atomic E-state index is 13.9. The zero-order valence-electron chi connectivity index (χ0n) is 21.4. The molecule has 0 bridgehead atoms. The fraction of sp³-hybridized carbons (Fsp3) is 0.333. The summed E-state index contributed by atoms with van der Waals surface area (Å²) in [6, 6.07) is 10.0. The Kier molecular flexibility index (Phi) is 7.07. The van der Waals surface area contributed by atoms with Gasteiger partial charge in [-0.05, 0) is 59.4 Å². The van der Waals surface area contributed by atoms with Crippen molar-refractivity contribution in [1.29, 1.82) is 0 Å². The Balaban J connectivity index is 1.55. The third-order valence-corrected chi connectivity index (χ3v) is 6.69. The summed E-state index contributed by atoms with van der Waals surface area (Å²) >= 11 is 0. The minimum Gasteiger partial charge on any atom is -0.291 e. The Morgan fingerprint density at radius 3 is 2.49 bits per heavy atom. The number of hydrogen-bond donors (Lipinski definition) is 1. The lowest BCUT2D eigenvalue weighted by atomic mass is 10.00. The van der Waals surface area contributed by atoms with Gasteiger partial charge in [-0.1, -0.05) is 44.5 Å². The molecule has 5 rings (SSSR count). The van der Waals surface area contributed by atoms with Gasteiger partial charge in [0.1, 0.15) is 5.82 Å². The summed E-state index contributed by atoms with van der Waals surface area (Å²) in [6.45, 7) is 7.43. The van der Waals surface area contributed by atoms with E-state index in [1.165, 1.54) is 0 Å². The quantitative estimate of drug-likeness (QED) is 0.312. The van der Waals surface area contributed by atoms with Crippen LogP contribution in [0.3, 0.4) is 0 Å². The second-order valence-electron chi connectivity index (χ2n) is 8.99. The molecule has 0 radical (unpaired) electrons. The van der Waals surface area contributed by atoms with Crippen molar-refractivity contribution in [3.63, 3.8) is 0 Å². The van der Waals surface area contributed by atoms with Crippen LogP contribution >= 0.6 is 0 Å². The Morgan fingerprint density at radius 1 is 0.973 bits per heavy atom. The summed E-state index contributed by atoms with van der Waals surface area (Å²) in [7, 11) is 0. The average Bonchev–Trinajstić information content (AvgIpc) is 3.68. The molecule has 190 valence electrons. The fourth-order valence-electron chi connectivity index (χ4n) is 4.68. The van der Waals surface area contributed by atoms with Gasteiger partial charge in [-0.25, -0.2) is 14.6 Å². The number of imidazole rings is 1. The third-order valence-electron chi connectivity index (χ3n) is 6.69. The van der Waals surface area contributed by atoms with Gasteiger partial charge in [0, 0.05) is 42.0 Å². The highest BCUT2D eigenvalue weighted by atomic mass is 16.1. The number of H-pyrrole nitrogens is 1. The molecule has 0 saturated heterocycles. The lowest BCUT2D eigenvalue weighted by molar-refractivity contribution is 0.623. The van der Waals surface area contributed by atoms with Crippen molar-refractivity contribution in [2.75, 3.05) is 0 Å². The number of nitrogens with zero attached hydrogens (tertiary/aromatic N) is 8. The number of unbranched alkanes of at least 4 members (excludes halogenated alkanes) is 1. The molecule has 4 aromatic heterocycles. The molecule has 1 N–H and O–H groups in total. The Morgan fingerprint density at radius 2 is 1.78 bits per heavy atom. The van der Waals surface area contributed by atoms with Crippen molar-refractivity contribution in [2.45, 2.75) is 59.5 Å². The van der Waals surface area contributed by atoms with Crippen LogP contribution < -0.4 is 5.69 Å². The van der Waals surface area contributed by atoms with E-state index in [-0.39, 0.29) is 5.69 Å². The number of nitrogens with one attached hydrogen (secondary N) is 1. The predicted octanol–water partition coefficient (Wildman–Crippen LogP) is 4.05. The molecule has 37 heavy (non-hydrogen) atoms. The highest BCUT2D eigenvalue weighted by Gasteiger charge is 2.19. The van der Waals surface area contributed by atoms with Gasteiger partial charge in [0.15, 0.2) is 5.82 Å². The first-order valence-electron chi connectivity index (χ1n) is 12.8. The van der Waals surface area contributed by atoms with Crippen molar-refractivity contribution in [2.24, 2.45) is 0 Å². The molecule has 10 heteroatoms. The highest BCUT2D eigenvalue weighted by Crippen LogP contribution is 2.26. The van der Waals surface area contributed by atoms with Crippen LogP contribution in [-0.2, 0) is 25.9 Å². The van der Waals surface area contributed by atoms with Crippen molar-refractivity contribution < 1.29 is 0 Å². The summed E-state index contributed by atoms with van der Waals surface area (Å²) in [4.78, 5) is 18.2. The van der Waals surface area contributed by atoms with Gasteiger partial charge in [-0.15, -0.1) is 5.10 Å². The van der Waals surface area contributed by atoms with Crippen molar-refractivity contribution in [3.05, 3.63) is 82.4 Å². The second kappa shape index (κ2) is 10.7. The van der Waals surface area contributed by atoms with Gasteiger partial charge in [-0.2, -0.15) is 5.10 Å². The molecular weight excluding hydrogens is 466 g/mol. The van der Waals surface area contributed by atoms with Crippen LogP contribution in [0.4, 0.5) is 0 Å². The fourth-order valence-corrected chi connectivity index (χ4v) is 4.68. The van der Waals surface area contributed by atoms with Gasteiger partial charge >= 0.3 is 5.69 Å². The van der Waals surface area contributed by atoms with Crippen molar-refractivity contribution >= 4 is 0 Å². The molecule has 0 spiro atoms. The van der Waals surface area contributed by atoms with E-state index in [2.05, 4.69) is 44.6 Å². The average molecular weight is 498 g/mol. The number of rotatable bonds is 10. The van der Waals surface area contributed by atoms with E-state index in [1.54, 1.807) is 10.8 Å². The molecule has 5 aromatic rings. The molecule has 4 heterocycles.